The Morgan fingerprint density at radius 2 is 1.97 bits per heavy atom. The highest BCUT2D eigenvalue weighted by Gasteiger charge is 2.30. The minimum atomic E-state index is -0.821. The zero-order valence-corrected chi connectivity index (χ0v) is 19.7. The summed E-state index contributed by atoms with van der Waals surface area (Å²) in [6.07, 6.45) is 0.336. The summed E-state index contributed by atoms with van der Waals surface area (Å²) in [6, 6.07) is 4.02. The van der Waals surface area contributed by atoms with E-state index in [0.29, 0.717) is 23.4 Å². The minimum absolute atomic E-state index is 0.137. The van der Waals surface area contributed by atoms with Gasteiger partial charge in [-0.05, 0) is 52.7 Å². The molecule has 0 spiro atoms. The molecule has 1 saturated heterocycles. The van der Waals surface area contributed by atoms with Crippen LogP contribution in [-0.2, 0) is 19.1 Å². The molecule has 0 radical (unpaired) electrons. The molecule has 1 fully saturated rings. The molecule has 1 aromatic heterocycles. The van der Waals surface area contributed by atoms with Gasteiger partial charge in [-0.1, -0.05) is 6.07 Å². The van der Waals surface area contributed by atoms with Crippen molar-refractivity contribution >= 4 is 40.4 Å². The van der Waals surface area contributed by atoms with Gasteiger partial charge in [0, 0.05) is 19.4 Å². The summed E-state index contributed by atoms with van der Waals surface area (Å²) in [5.41, 5.74) is -0.334. The number of piperidine rings is 1. The van der Waals surface area contributed by atoms with E-state index in [9.17, 15) is 24.0 Å². The lowest BCUT2D eigenvalue weighted by Gasteiger charge is -2.24. The molecule has 182 valence electrons. The normalized spacial score (nSPS) is 16.2. The van der Waals surface area contributed by atoms with E-state index < -0.39 is 29.2 Å². The van der Waals surface area contributed by atoms with Crippen LogP contribution in [0.5, 0.6) is 0 Å². The van der Waals surface area contributed by atoms with Crippen LogP contribution in [0.3, 0.4) is 0 Å². The molecule has 0 bridgehead atoms. The number of nitrogens with one attached hydrogen (secondary N) is 3. The van der Waals surface area contributed by atoms with Gasteiger partial charge in [0.05, 0.1) is 11.1 Å². The van der Waals surface area contributed by atoms with Gasteiger partial charge in [-0.3, -0.25) is 29.1 Å². The van der Waals surface area contributed by atoms with E-state index in [0.717, 1.165) is 0 Å². The number of aromatic nitrogens is 2. The first-order valence-corrected chi connectivity index (χ1v) is 11.1. The summed E-state index contributed by atoms with van der Waals surface area (Å²) in [5.74, 6) is -0.901. The van der Waals surface area contributed by atoms with Crippen LogP contribution in [0.2, 0.25) is 0 Å². The van der Waals surface area contributed by atoms with Crippen LogP contribution in [0.1, 0.15) is 58.3 Å². The zero-order valence-electron chi connectivity index (χ0n) is 19.7. The molecule has 4 amide bonds. The van der Waals surface area contributed by atoms with E-state index in [1.807, 2.05) is 0 Å². The second kappa shape index (κ2) is 10.0. The number of imide groups is 1. The predicted molar refractivity (Wildman–Crippen MR) is 124 cm³/mol. The van der Waals surface area contributed by atoms with E-state index >= 15 is 0 Å². The summed E-state index contributed by atoms with van der Waals surface area (Å²) in [6.45, 7) is 7.16. The average molecular weight is 472 g/mol. The maximum atomic E-state index is 13.2. The summed E-state index contributed by atoms with van der Waals surface area (Å²) in [7, 11) is 0. The van der Waals surface area contributed by atoms with E-state index in [4.69, 9.17) is 4.74 Å². The number of hydrogen-bond acceptors (Lipinski definition) is 7. The van der Waals surface area contributed by atoms with Gasteiger partial charge in [-0.2, -0.15) is 0 Å². The standard InChI is InChI=1S/C23H29N5O6/c1-13-25-19-14(21(32)28(13)16-10-11-18(30)27-20(16)31)7-5-8-15(19)26-17(29)9-6-12-24-22(33)34-23(2,3)4/h5,7-8,16H,6,9-12H2,1-4H3,(H,24,33)(H,26,29)(H,27,30,31). The highest BCUT2D eigenvalue weighted by molar-refractivity contribution is 6.01. The number of hydrogen-bond donors (Lipinski definition) is 3. The van der Waals surface area contributed by atoms with Crippen molar-refractivity contribution < 1.29 is 23.9 Å². The molecular weight excluding hydrogens is 442 g/mol. The number of carbonyl (C=O) groups is 4. The van der Waals surface area contributed by atoms with Crippen molar-refractivity contribution in [1.82, 2.24) is 20.2 Å². The van der Waals surface area contributed by atoms with Crippen LogP contribution in [-0.4, -0.2) is 45.5 Å². The first-order valence-electron chi connectivity index (χ1n) is 11.1. The monoisotopic (exact) mass is 471 g/mol. The molecule has 1 atom stereocenters. The van der Waals surface area contributed by atoms with E-state index in [-0.39, 0.29) is 43.0 Å². The molecule has 34 heavy (non-hydrogen) atoms. The molecule has 3 rings (SSSR count). The summed E-state index contributed by atoms with van der Waals surface area (Å²) in [4.78, 5) is 65.5. The zero-order chi connectivity index (χ0) is 25.0. The van der Waals surface area contributed by atoms with Gasteiger partial charge in [-0.15, -0.1) is 0 Å². The maximum Gasteiger partial charge on any atom is 0.407 e. The van der Waals surface area contributed by atoms with Gasteiger partial charge < -0.3 is 15.4 Å². The topological polar surface area (TPSA) is 148 Å². The lowest BCUT2D eigenvalue weighted by atomic mass is 10.1. The number of rotatable bonds is 6. The number of fused-ring (bicyclic) bond motifs is 1. The number of para-hydroxylation sites is 1. The van der Waals surface area contributed by atoms with Crippen LogP contribution >= 0.6 is 0 Å². The summed E-state index contributed by atoms with van der Waals surface area (Å²) >= 11 is 0. The fourth-order valence-electron chi connectivity index (χ4n) is 3.69. The summed E-state index contributed by atoms with van der Waals surface area (Å²) < 4.78 is 6.43. The second-order valence-electron chi connectivity index (χ2n) is 9.08. The van der Waals surface area contributed by atoms with E-state index in [1.54, 1.807) is 45.9 Å². The number of benzene rings is 1. The molecular formula is C23H29N5O6. The van der Waals surface area contributed by atoms with Crippen molar-refractivity contribution in [3.05, 3.63) is 34.4 Å². The third-order valence-electron chi connectivity index (χ3n) is 5.15. The Bertz CT molecular complexity index is 1200. The van der Waals surface area contributed by atoms with Gasteiger partial charge >= 0.3 is 6.09 Å². The maximum absolute atomic E-state index is 13.2. The highest BCUT2D eigenvalue weighted by Crippen LogP contribution is 2.23. The van der Waals surface area contributed by atoms with Crippen molar-refractivity contribution in [3.63, 3.8) is 0 Å². The number of nitrogens with zero attached hydrogens (tertiary/aromatic N) is 2. The first kappa shape index (κ1) is 24.9. The van der Waals surface area contributed by atoms with Gasteiger partial charge in [0.25, 0.3) is 5.56 Å². The molecule has 1 aliphatic heterocycles. The number of aryl methyl sites for hydroxylation is 1. The largest absolute Gasteiger partial charge is 0.444 e. The molecule has 0 aliphatic carbocycles. The van der Waals surface area contributed by atoms with Crippen molar-refractivity contribution in [1.29, 1.82) is 0 Å². The molecule has 1 aromatic carbocycles. The number of anilines is 1. The van der Waals surface area contributed by atoms with Gasteiger partial charge in [0.2, 0.25) is 17.7 Å². The van der Waals surface area contributed by atoms with Gasteiger partial charge in [0.1, 0.15) is 23.0 Å². The van der Waals surface area contributed by atoms with Crippen LogP contribution in [0.25, 0.3) is 10.9 Å². The Labute approximate surface area is 196 Å². The Morgan fingerprint density at radius 1 is 1.24 bits per heavy atom. The Kier molecular flexibility index (Phi) is 7.33. The SMILES string of the molecule is Cc1nc2c(NC(=O)CCCNC(=O)OC(C)(C)C)cccc2c(=O)n1C1CCC(=O)NC1=O. The first-order chi connectivity index (χ1) is 16.0. The van der Waals surface area contributed by atoms with Crippen LogP contribution in [0.4, 0.5) is 10.5 Å². The summed E-state index contributed by atoms with van der Waals surface area (Å²) in [5, 5.41) is 7.86. The minimum Gasteiger partial charge on any atom is -0.444 e. The number of alkyl carbamates (subject to hydrolysis) is 1. The molecule has 11 heteroatoms. The molecule has 2 aromatic rings. The molecule has 0 saturated carbocycles. The number of ether oxygens (including phenoxy) is 1. The smallest absolute Gasteiger partial charge is 0.407 e. The third kappa shape index (κ3) is 5.97. The van der Waals surface area contributed by atoms with Gasteiger partial charge in [-0.25, -0.2) is 9.78 Å². The van der Waals surface area contributed by atoms with Crippen molar-refractivity contribution in [3.8, 4) is 0 Å². The van der Waals surface area contributed by atoms with Crippen molar-refractivity contribution in [2.45, 2.75) is 65.0 Å². The predicted octanol–water partition coefficient (Wildman–Crippen LogP) is 1.93. The quantitative estimate of drug-likeness (QED) is 0.430. The Hall–Kier alpha value is -3.76. The molecule has 2 heterocycles. The number of carbonyl (C=O) groups excluding carboxylic acids is 4. The van der Waals surface area contributed by atoms with E-state index in [1.165, 1.54) is 4.57 Å². The van der Waals surface area contributed by atoms with Crippen LogP contribution < -0.4 is 21.5 Å². The molecule has 1 unspecified atom stereocenters. The lowest BCUT2D eigenvalue weighted by Crippen LogP contribution is -2.45. The van der Waals surface area contributed by atoms with Gasteiger partial charge in [0.15, 0.2) is 0 Å². The lowest BCUT2D eigenvalue weighted by molar-refractivity contribution is -0.135. The number of amides is 4. The van der Waals surface area contributed by atoms with Crippen LogP contribution in [0, 0.1) is 6.92 Å². The third-order valence-corrected chi connectivity index (χ3v) is 5.15. The molecule has 3 N–H and O–H groups in total. The highest BCUT2D eigenvalue weighted by atomic mass is 16.6. The molecule has 11 nitrogen and oxygen atoms in total. The average Bonchev–Trinajstić information content (AvgIpc) is 2.72. The van der Waals surface area contributed by atoms with Crippen LogP contribution in [0.15, 0.2) is 23.0 Å². The fourth-order valence-corrected chi connectivity index (χ4v) is 3.69. The second-order valence-corrected chi connectivity index (χ2v) is 9.08. The molecule has 1 aliphatic rings. The van der Waals surface area contributed by atoms with E-state index in [2.05, 4.69) is 20.9 Å². The van der Waals surface area contributed by atoms with Crippen molar-refractivity contribution in [2.24, 2.45) is 0 Å². The fraction of sp³-hybridized carbons (Fsp3) is 0.478. The Morgan fingerprint density at radius 3 is 2.65 bits per heavy atom. The Balaban J connectivity index is 1.70. The van der Waals surface area contributed by atoms with Crippen molar-refractivity contribution in [2.75, 3.05) is 11.9 Å².